The van der Waals surface area contributed by atoms with Gasteiger partial charge in [-0.3, -0.25) is 4.90 Å². The highest BCUT2D eigenvalue weighted by Crippen LogP contribution is 2.39. The third-order valence-electron chi connectivity index (χ3n) is 7.05. The first-order chi connectivity index (χ1) is 18.8. The fraction of sp³-hybridized carbons (Fsp3) is 0.393. The molecule has 3 heterocycles. The molecule has 0 atom stereocenters. The van der Waals surface area contributed by atoms with E-state index in [2.05, 4.69) is 43.0 Å². The Labute approximate surface area is 226 Å². The van der Waals surface area contributed by atoms with E-state index in [0.29, 0.717) is 30.9 Å². The standard InChI is InChI=1S/C28H33F2N7O2/c1-17(2)37-10-11-39-26-22(29)13-20(14-24(26)37)25-23(30)15-33-27(35-25)34-21-5-4-19-16-36(8-6-18(19)12-21)9-7-32-28(38)31-3/h4-5,12-15,17H,6-11,16H2,1-3H3,(H2,31,32,38)(H,33,34,35). The molecule has 0 unspecified atom stereocenters. The molecule has 2 aromatic carbocycles. The average Bonchev–Trinajstić information content (AvgIpc) is 2.93. The molecule has 0 saturated heterocycles. The normalized spacial score (nSPS) is 14.9. The Morgan fingerprint density at radius 2 is 1.97 bits per heavy atom. The van der Waals surface area contributed by atoms with Crippen LogP contribution in [0.3, 0.4) is 0 Å². The molecule has 2 amide bonds. The molecule has 2 aliphatic rings. The van der Waals surface area contributed by atoms with Gasteiger partial charge in [-0.05, 0) is 55.7 Å². The highest BCUT2D eigenvalue weighted by molar-refractivity contribution is 5.74. The summed E-state index contributed by atoms with van der Waals surface area (Å²) < 4.78 is 35.4. The third-order valence-corrected chi connectivity index (χ3v) is 7.05. The van der Waals surface area contributed by atoms with Crippen LogP contribution in [0.15, 0.2) is 36.5 Å². The molecule has 0 fully saturated rings. The smallest absolute Gasteiger partial charge is 0.314 e. The van der Waals surface area contributed by atoms with Crippen molar-refractivity contribution < 1.29 is 18.3 Å². The predicted molar refractivity (Wildman–Crippen MR) is 147 cm³/mol. The van der Waals surface area contributed by atoms with E-state index in [1.807, 2.05) is 24.8 Å². The maximum absolute atomic E-state index is 15.0. The number of anilines is 3. The molecular weight excluding hydrogens is 504 g/mol. The van der Waals surface area contributed by atoms with Crippen LogP contribution in [0.2, 0.25) is 0 Å². The van der Waals surface area contributed by atoms with E-state index < -0.39 is 11.6 Å². The summed E-state index contributed by atoms with van der Waals surface area (Å²) in [5.41, 5.74) is 4.14. The lowest BCUT2D eigenvalue weighted by Gasteiger charge is -2.34. The molecule has 0 aliphatic carbocycles. The number of rotatable bonds is 7. The number of aromatic nitrogens is 2. The number of halogens is 2. The number of fused-ring (bicyclic) bond motifs is 2. The first-order valence-electron chi connectivity index (χ1n) is 13.1. The van der Waals surface area contributed by atoms with Crippen LogP contribution in [0.4, 0.5) is 30.9 Å². The summed E-state index contributed by atoms with van der Waals surface area (Å²) in [6, 6.07) is 8.97. The molecule has 3 N–H and O–H groups in total. The number of benzene rings is 2. The Morgan fingerprint density at radius 1 is 1.13 bits per heavy atom. The molecule has 3 aromatic rings. The van der Waals surface area contributed by atoms with Crippen LogP contribution < -0.4 is 25.6 Å². The van der Waals surface area contributed by atoms with Crippen LogP contribution >= 0.6 is 0 Å². The van der Waals surface area contributed by atoms with Crippen molar-refractivity contribution in [1.29, 1.82) is 0 Å². The minimum Gasteiger partial charge on any atom is -0.486 e. The van der Waals surface area contributed by atoms with E-state index in [1.54, 1.807) is 13.1 Å². The SMILES string of the molecule is CNC(=O)NCCN1CCc2cc(Nc3ncc(F)c(-c4cc(F)c5c(c4)N(C(C)C)CCO5)n3)ccc2C1. The number of urea groups is 1. The van der Waals surface area contributed by atoms with Gasteiger partial charge in [0.15, 0.2) is 17.4 Å². The molecule has 11 heteroatoms. The Balaban J connectivity index is 1.32. The predicted octanol–water partition coefficient (Wildman–Crippen LogP) is 4.06. The van der Waals surface area contributed by atoms with Gasteiger partial charge in [-0.15, -0.1) is 0 Å². The van der Waals surface area contributed by atoms with E-state index in [0.717, 1.165) is 37.9 Å². The van der Waals surface area contributed by atoms with Gasteiger partial charge in [0.25, 0.3) is 0 Å². The highest BCUT2D eigenvalue weighted by atomic mass is 19.1. The van der Waals surface area contributed by atoms with Gasteiger partial charge >= 0.3 is 6.03 Å². The molecule has 0 radical (unpaired) electrons. The minimum absolute atomic E-state index is 0.0162. The number of hydrogen-bond acceptors (Lipinski definition) is 7. The van der Waals surface area contributed by atoms with E-state index in [1.165, 1.54) is 17.2 Å². The summed E-state index contributed by atoms with van der Waals surface area (Å²) in [5.74, 6) is -0.779. The topological polar surface area (TPSA) is 94.7 Å². The van der Waals surface area contributed by atoms with Gasteiger partial charge in [-0.2, -0.15) is 0 Å². The number of amides is 2. The molecule has 5 rings (SSSR count). The van der Waals surface area contributed by atoms with Gasteiger partial charge in [-0.1, -0.05) is 6.07 Å². The summed E-state index contributed by atoms with van der Waals surface area (Å²) in [6.45, 7) is 8.08. The largest absolute Gasteiger partial charge is 0.486 e. The van der Waals surface area contributed by atoms with Crippen molar-refractivity contribution in [3.63, 3.8) is 0 Å². The lowest BCUT2D eigenvalue weighted by atomic mass is 9.99. The maximum Gasteiger partial charge on any atom is 0.314 e. The van der Waals surface area contributed by atoms with Crippen LogP contribution in [-0.4, -0.2) is 66.8 Å². The lowest BCUT2D eigenvalue weighted by molar-refractivity contribution is 0.232. The zero-order chi connectivity index (χ0) is 27.5. The fourth-order valence-corrected chi connectivity index (χ4v) is 5.03. The van der Waals surface area contributed by atoms with E-state index in [4.69, 9.17) is 4.74 Å². The van der Waals surface area contributed by atoms with Crippen molar-refractivity contribution in [2.24, 2.45) is 0 Å². The zero-order valence-corrected chi connectivity index (χ0v) is 22.4. The summed E-state index contributed by atoms with van der Waals surface area (Å²) in [5, 5.41) is 8.54. The van der Waals surface area contributed by atoms with Gasteiger partial charge in [0.05, 0.1) is 18.4 Å². The van der Waals surface area contributed by atoms with Crippen molar-refractivity contribution in [3.05, 3.63) is 59.3 Å². The third kappa shape index (κ3) is 5.88. The number of nitrogens with one attached hydrogen (secondary N) is 3. The first kappa shape index (κ1) is 26.6. The molecule has 0 spiro atoms. The van der Waals surface area contributed by atoms with Crippen molar-refractivity contribution in [3.8, 4) is 17.0 Å². The zero-order valence-electron chi connectivity index (χ0n) is 22.4. The number of nitrogens with zero attached hydrogens (tertiary/aromatic N) is 4. The van der Waals surface area contributed by atoms with Crippen molar-refractivity contribution in [1.82, 2.24) is 25.5 Å². The van der Waals surface area contributed by atoms with Gasteiger partial charge in [0.2, 0.25) is 5.95 Å². The van der Waals surface area contributed by atoms with E-state index in [-0.39, 0.29) is 29.5 Å². The van der Waals surface area contributed by atoms with Gasteiger partial charge in [0.1, 0.15) is 12.3 Å². The lowest BCUT2D eigenvalue weighted by Crippen LogP contribution is -2.40. The van der Waals surface area contributed by atoms with Crippen LogP contribution in [0.5, 0.6) is 5.75 Å². The minimum atomic E-state index is -0.635. The van der Waals surface area contributed by atoms with E-state index >= 15 is 0 Å². The van der Waals surface area contributed by atoms with Crippen LogP contribution in [0.1, 0.15) is 25.0 Å². The Hall–Kier alpha value is -3.99. The molecule has 0 bridgehead atoms. The average molecular weight is 538 g/mol. The quantitative estimate of drug-likeness (QED) is 0.419. The Morgan fingerprint density at radius 3 is 2.77 bits per heavy atom. The summed E-state index contributed by atoms with van der Waals surface area (Å²) in [6.07, 6.45) is 1.96. The summed E-state index contributed by atoms with van der Waals surface area (Å²) in [7, 11) is 1.60. The molecule has 2 aliphatic heterocycles. The van der Waals surface area contributed by atoms with Crippen LogP contribution in [0.25, 0.3) is 11.3 Å². The monoisotopic (exact) mass is 537 g/mol. The maximum atomic E-state index is 15.0. The number of hydrogen-bond donors (Lipinski definition) is 3. The van der Waals surface area contributed by atoms with Gasteiger partial charge in [0, 0.05) is 50.5 Å². The fourth-order valence-electron chi connectivity index (χ4n) is 5.03. The summed E-state index contributed by atoms with van der Waals surface area (Å²) >= 11 is 0. The van der Waals surface area contributed by atoms with E-state index in [9.17, 15) is 13.6 Å². The molecule has 1 aromatic heterocycles. The van der Waals surface area contributed by atoms with Crippen molar-refractivity contribution in [2.75, 3.05) is 50.1 Å². The van der Waals surface area contributed by atoms with Gasteiger partial charge < -0.3 is 25.6 Å². The Kier molecular flexibility index (Phi) is 7.78. The van der Waals surface area contributed by atoms with Crippen molar-refractivity contribution >= 4 is 23.4 Å². The van der Waals surface area contributed by atoms with Gasteiger partial charge in [-0.25, -0.2) is 23.5 Å². The summed E-state index contributed by atoms with van der Waals surface area (Å²) in [4.78, 5) is 24.2. The second kappa shape index (κ2) is 11.4. The molecule has 39 heavy (non-hydrogen) atoms. The van der Waals surface area contributed by atoms with Crippen LogP contribution in [-0.2, 0) is 13.0 Å². The Bertz CT molecular complexity index is 1370. The van der Waals surface area contributed by atoms with Crippen LogP contribution in [0, 0.1) is 11.6 Å². The number of carbonyl (C=O) groups excluding carboxylic acids is 1. The molecule has 9 nitrogen and oxygen atoms in total. The number of ether oxygens (including phenoxy) is 1. The van der Waals surface area contributed by atoms with Crippen molar-refractivity contribution in [2.45, 2.75) is 32.9 Å². The first-order valence-corrected chi connectivity index (χ1v) is 13.1. The second-order valence-electron chi connectivity index (χ2n) is 9.97. The number of carbonyl (C=O) groups is 1. The second-order valence-corrected chi connectivity index (χ2v) is 9.97. The molecule has 0 saturated carbocycles. The highest BCUT2D eigenvalue weighted by Gasteiger charge is 2.26. The molecular formula is C28H33F2N7O2. The molecule has 206 valence electrons.